The summed E-state index contributed by atoms with van der Waals surface area (Å²) in [5.41, 5.74) is 0.0826. The van der Waals surface area contributed by atoms with E-state index in [1.807, 2.05) is 6.92 Å². The molecule has 0 saturated carbocycles. The number of hydrogen-bond donors (Lipinski definition) is 2. The molecule has 1 aliphatic heterocycles. The zero-order valence-electron chi connectivity index (χ0n) is 14.7. The van der Waals surface area contributed by atoms with E-state index < -0.39 is 26.6 Å². The first-order chi connectivity index (χ1) is 12.3. The second kappa shape index (κ2) is 9.22. The Morgan fingerprint density at radius 1 is 1.42 bits per heavy atom. The molecule has 0 spiro atoms. The summed E-state index contributed by atoms with van der Waals surface area (Å²) in [5, 5.41) is 2.81. The molecule has 0 aliphatic carbocycles. The van der Waals surface area contributed by atoms with E-state index in [9.17, 15) is 17.6 Å². The maximum Gasteiger partial charge on any atom is 0.251 e. The zero-order valence-corrected chi connectivity index (χ0v) is 15.5. The van der Waals surface area contributed by atoms with Gasteiger partial charge in [0.1, 0.15) is 10.7 Å². The largest absolute Gasteiger partial charge is 0.379 e. The lowest BCUT2D eigenvalue weighted by Gasteiger charge is -2.29. The molecule has 1 aromatic carbocycles. The topological polar surface area (TPSA) is 87.7 Å². The van der Waals surface area contributed by atoms with Crippen LogP contribution in [0.2, 0.25) is 0 Å². The van der Waals surface area contributed by atoms with E-state index in [1.54, 1.807) is 0 Å². The minimum atomic E-state index is -4.06. The molecular formula is C17H24FN3O4S. The van der Waals surface area contributed by atoms with Gasteiger partial charge >= 0.3 is 0 Å². The smallest absolute Gasteiger partial charge is 0.251 e. The van der Waals surface area contributed by atoms with Crippen LogP contribution in [-0.2, 0) is 14.8 Å². The zero-order chi connectivity index (χ0) is 19.2. The van der Waals surface area contributed by atoms with Crippen LogP contribution in [0.15, 0.2) is 35.7 Å². The first kappa shape index (κ1) is 20.5. The number of halogens is 1. The van der Waals surface area contributed by atoms with Gasteiger partial charge in [-0.05, 0) is 25.1 Å². The summed E-state index contributed by atoms with van der Waals surface area (Å²) in [6, 6.07) is 3.13. The second-order valence-corrected chi connectivity index (χ2v) is 7.81. The number of rotatable bonds is 8. The van der Waals surface area contributed by atoms with Crippen molar-refractivity contribution in [3.63, 3.8) is 0 Å². The first-order valence-corrected chi connectivity index (χ1v) is 9.83. The van der Waals surface area contributed by atoms with Crippen molar-refractivity contribution in [2.45, 2.75) is 17.9 Å². The van der Waals surface area contributed by atoms with Gasteiger partial charge in [-0.2, -0.15) is 0 Å². The highest BCUT2D eigenvalue weighted by molar-refractivity contribution is 7.89. The average Bonchev–Trinajstić information content (AvgIpc) is 2.61. The number of nitrogens with zero attached hydrogens (tertiary/aromatic N) is 1. The number of hydrogen-bond acceptors (Lipinski definition) is 5. The molecular weight excluding hydrogens is 361 g/mol. The van der Waals surface area contributed by atoms with Crippen molar-refractivity contribution in [3.8, 4) is 0 Å². The van der Waals surface area contributed by atoms with Gasteiger partial charge in [-0.25, -0.2) is 17.5 Å². The average molecular weight is 385 g/mol. The monoisotopic (exact) mass is 385 g/mol. The standard InChI is InChI=1S/C17H24FN3O4S/c1-3-6-19-26(23,24)16-11-14(4-5-15(16)18)17(22)20-13(2)12-21-7-9-25-10-8-21/h3-5,11,13,19H,1,6-10,12H2,2H3,(H,20,22). The van der Waals surface area contributed by atoms with E-state index in [-0.39, 0.29) is 18.2 Å². The van der Waals surface area contributed by atoms with E-state index in [1.165, 1.54) is 12.1 Å². The number of carbonyl (C=O) groups is 1. The van der Waals surface area contributed by atoms with E-state index in [4.69, 9.17) is 4.74 Å². The molecule has 1 amide bonds. The lowest BCUT2D eigenvalue weighted by atomic mass is 10.2. The Hall–Kier alpha value is -1.81. The molecule has 144 valence electrons. The third-order valence-corrected chi connectivity index (χ3v) is 5.35. The van der Waals surface area contributed by atoms with Gasteiger partial charge < -0.3 is 10.1 Å². The number of nitrogens with one attached hydrogen (secondary N) is 2. The van der Waals surface area contributed by atoms with Crippen LogP contribution in [-0.4, -0.2) is 64.7 Å². The quantitative estimate of drug-likeness (QED) is 0.645. The summed E-state index contributed by atoms with van der Waals surface area (Å²) in [6.45, 7) is 8.82. The Bertz CT molecular complexity index is 748. The molecule has 0 aromatic heterocycles. The predicted octanol–water partition coefficient (Wildman–Crippen LogP) is 0.741. The van der Waals surface area contributed by atoms with E-state index in [0.717, 1.165) is 25.2 Å². The second-order valence-electron chi connectivity index (χ2n) is 6.07. The van der Waals surface area contributed by atoms with Gasteiger partial charge in [-0.15, -0.1) is 6.58 Å². The molecule has 2 rings (SSSR count). The van der Waals surface area contributed by atoms with Crippen molar-refractivity contribution in [2.75, 3.05) is 39.4 Å². The molecule has 1 unspecified atom stereocenters. The Balaban J connectivity index is 2.06. The fourth-order valence-electron chi connectivity index (χ4n) is 2.62. The fourth-order valence-corrected chi connectivity index (χ4v) is 3.72. The van der Waals surface area contributed by atoms with Crippen LogP contribution in [0.4, 0.5) is 4.39 Å². The van der Waals surface area contributed by atoms with Gasteiger partial charge in [-0.3, -0.25) is 9.69 Å². The summed E-state index contributed by atoms with van der Waals surface area (Å²) in [7, 11) is -4.06. The number of morpholine rings is 1. The Morgan fingerprint density at radius 3 is 2.77 bits per heavy atom. The van der Waals surface area contributed by atoms with Crippen molar-refractivity contribution in [1.82, 2.24) is 14.9 Å². The van der Waals surface area contributed by atoms with Crippen LogP contribution < -0.4 is 10.0 Å². The van der Waals surface area contributed by atoms with Crippen molar-refractivity contribution < 1.29 is 22.3 Å². The number of sulfonamides is 1. The number of benzene rings is 1. The molecule has 26 heavy (non-hydrogen) atoms. The minimum absolute atomic E-state index is 0.0330. The third-order valence-electron chi connectivity index (χ3n) is 3.91. The highest BCUT2D eigenvalue weighted by Crippen LogP contribution is 2.16. The summed E-state index contributed by atoms with van der Waals surface area (Å²) in [6.07, 6.45) is 1.35. The molecule has 0 bridgehead atoms. The molecule has 1 heterocycles. The Morgan fingerprint density at radius 2 is 2.12 bits per heavy atom. The van der Waals surface area contributed by atoms with Crippen LogP contribution in [0.25, 0.3) is 0 Å². The number of carbonyl (C=O) groups excluding carboxylic acids is 1. The van der Waals surface area contributed by atoms with E-state index >= 15 is 0 Å². The third kappa shape index (κ3) is 5.60. The number of ether oxygens (including phenoxy) is 1. The molecule has 9 heteroatoms. The molecule has 1 saturated heterocycles. The normalized spacial score (nSPS) is 16.8. The molecule has 0 radical (unpaired) electrons. The summed E-state index contributed by atoms with van der Waals surface area (Å²) < 4.78 is 45.7. The van der Waals surface area contributed by atoms with Gasteiger partial charge in [-0.1, -0.05) is 6.08 Å². The Labute approximate surface area is 153 Å². The molecule has 1 aliphatic rings. The molecule has 2 N–H and O–H groups in total. The highest BCUT2D eigenvalue weighted by atomic mass is 32.2. The summed E-state index contributed by atoms with van der Waals surface area (Å²) >= 11 is 0. The predicted molar refractivity (Wildman–Crippen MR) is 96.0 cm³/mol. The van der Waals surface area contributed by atoms with Crippen LogP contribution >= 0.6 is 0 Å². The number of amides is 1. The molecule has 1 aromatic rings. The minimum Gasteiger partial charge on any atom is -0.379 e. The molecule has 7 nitrogen and oxygen atoms in total. The fraction of sp³-hybridized carbons (Fsp3) is 0.471. The van der Waals surface area contributed by atoms with Gasteiger partial charge in [0.05, 0.1) is 13.2 Å². The van der Waals surface area contributed by atoms with Crippen LogP contribution in [0.5, 0.6) is 0 Å². The maximum absolute atomic E-state index is 13.9. The van der Waals surface area contributed by atoms with E-state index in [0.29, 0.717) is 19.8 Å². The highest BCUT2D eigenvalue weighted by Gasteiger charge is 2.21. The lowest BCUT2D eigenvalue weighted by molar-refractivity contribution is 0.0342. The van der Waals surface area contributed by atoms with Crippen LogP contribution in [0.1, 0.15) is 17.3 Å². The lowest BCUT2D eigenvalue weighted by Crippen LogP contribution is -2.46. The van der Waals surface area contributed by atoms with Crippen molar-refractivity contribution in [1.29, 1.82) is 0 Å². The summed E-state index contributed by atoms with van der Waals surface area (Å²) in [4.78, 5) is 14.0. The van der Waals surface area contributed by atoms with Crippen molar-refractivity contribution in [3.05, 3.63) is 42.2 Å². The van der Waals surface area contributed by atoms with Crippen LogP contribution in [0.3, 0.4) is 0 Å². The summed E-state index contributed by atoms with van der Waals surface area (Å²) in [5.74, 6) is -1.37. The van der Waals surface area contributed by atoms with Gasteiger partial charge in [0.15, 0.2) is 0 Å². The molecule has 1 fully saturated rings. The van der Waals surface area contributed by atoms with Crippen LogP contribution in [0, 0.1) is 5.82 Å². The van der Waals surface area contributed by atoms with Gasteiger partial charge in [0.2, 0.25) is 10.0 Å². The SMILES string of the molecule is C=CCNS(=O)(=O)c1cc(C(=O)NC(C)CN2CCOCC2)ccc1F. The van der Waals surface area contributed by atoms with Gasteiger partial charge in [0.25, 0.3) is 5.91 Å². The van der Waals surface area contributed by atoms with Gasteiger partial charge in [0, 0.05) is 37.8 Å². The maximum atomic E-state index is 13.9. The van der Waals surface area contributed by atoms with Crippen molar-refractivity contribution >= 4 is 15.9 Å². The Kier molecular flexibility index (Phi) is 7.27. The first-order valence-electron chi connectivity index (χ1n) is 8.34. The van der Waals surface area contributed by atoms with Crippen molar-refractivity contribution in [2.24, 2.45) is 0 Å². The van der Waals surface area contributed by atoms with E-state index in [2.05, 4.69) is 21.5 Å². The molecule has 1 atom stereocenters.